The van der Waals surface area contributed by atoms with E-state index in [1.807, 2.05) is 16.9 Å². The topological polar surface area (TPSA) is 57.0 Å². The van der Waals surface area contributed by atoms with Crippen molar-refractivity contribution in [3.8, 4) is 11.1 Å². The van der Waals surface area contributed by atoms with Gasteiger partial charge in [0.1, 0.15) is 0 Å². The molecular weight excluding hydrogens is 166 g/mol. The fraction of sp³-hybridized carbons (Fsp3) is 0.222. The van der Waals surface area contributed by atoms with E-state index < -0.39 is 0 Å². The number of hydrogen-bond acceptors (Lipinski definition) is 3. The summed E-state index contributed by atoms with van der Waals surface area (Å²) >= 11 is 0. The van der Waals surface area contributed by atoms with Crippen LogP contribution < -0.4 is 5.73 Å². The fourth-order valence-corrected chi connectivity index (χ4v) is 1.20. The van der Waals surface area contributed by atoms with Gasteiger partial charge in [0.05, 0.1) is 25.3 Å². The van der Waals surface area contributed by atoms with Gasteiger partial charge in [0.2, 0.25) is 0 Å². The zero-order valence-electron chi connectivity index (χ0n) is 7.18. The summed E-state index contributed by atoms with van der Waals surface area (Å²) in [5.74, 6) is 0. The van der Waals surface area contributed by atoms with E-state index >= 15 is 0 Å². The van der Waals surface area contributed by atoms with E-state index in [1.165, 1.54) is 0 Å². The maximum Gasteiger partial charge on any atom is 0.0982 e. The van der Waals surface area contributed by atoms with Crippen LogP contribution in [0.3, 0.4) is 0 Å². The van der Waals surface area contributed by atoms with Crippen LogP contribution in [-0.2, 0) is 6.54 Å². The molecule has 2 aromatic rings. The Morgan fingerprint density at radius 3 is 3.08 bits per heavy atom. The highest BCUT2D eigenvalue weighted by Gasteiger charge is 2.01. The van der Waals surface area contributed by atoms with Crippen LogP contribution in [0.5, 0.6) is 0 Å². The molecule has 13 heavy (non-hydrogen) atoms. The van der Waals surface area contributed by atoms with Crippen LogP contribution in [0.25, 0.3) is 11.1 Å². The molecule has 4 heteroatoms. The van der Waals surface area contributed by atoms with E-state index in [2.05, 4.69) is 5.10 Å². The predicted molar refractivity (Wildman–Crippen MR) is 49.0 cm³/mol. The molecule has 4 nitrogen and oxygen atoms in total. The Hall–Kier alpha value is -1.55. The Kier molecular flexibility index (Phi) is 2.14. The molecule has 68 valence electrons. The third kappa shape index (κ3) is 1.62. The Morgan fingerprint density at radius 2 is 2.38 bits per heavy atom. The number of furan rings is 1. The molecule has 0 fully saturated rings. The van der Waals surface area contributed by atoms with Gasteiger partial charge in [0, 0.05) is 23.9 Å². The van der Waals surface area contributed by atoms with Gasteiger partial charge in [0.15, 0.2) is 0 Å². The average Bonchev–Trinajstić information content (AvgIpc) is 2.70. The first kappa shape index (κ1) is 8.07. The first-order chi connectivity index (χ1) is 6.40. The second-order valence-corrected chi connectivity index (χ2v) is 2.79. The molecule has 0 spiro atoms. The van der Waals surface area contributed by atoms with Crippen LogP contribution in [0.1, 0.15) is 0 Å². The Balaban J connectivity index is 2.23. The average molecular weight is 177 g/mol. The molecule has 0 atom stereocenters. The van der Waals surface area contributed by atoms with Crippen molar-refractivity contribution in [2.24, 2.45) is 5.73 Å². The molecule has 0 saturated heterocycles. The van der Waals surface area contributed by atoms with Crippen LogP contribution in [0.2, 0.25) is 0 Å². The molecule has 2 N–H and O–H groups in total. The lowest BCUT2D eigenvalue weighted by Gasteiger charge is -1.94. The van der Waals surface area contributed by atoms with Crippen molar-refractivity contribution in [1.29, 1.82) is 0 Å². The van der Waals surface area contributed by atoms with E-state index in [4.69, 9.17) is 10.2 Å². The van der Waals surface area contributed by atoms with E-state index in [9.17, 15) is 0 Å². The minimum Gasteiger partial charge on any atom is -0.472 e. The molecule has 0 bridgehead atoms. The van der Waals surface area contributed by atoms with Crippen molar-refractivity contribution >= 4 is 0 Å². The normalized spacial score (nSPS) is 10.5. The highest BCUT2D eigenvalue weighted by atomic mass is 16.3. The Morgan fingerprint density at radius 1 is 1.46 bits per heavy atom. The number of nitrogens with zero attached hydrogens (tertiary/aromatic N) is 2. The van der Waals surface area contributed by atoms with Crippen LogP contribution in [-0.4, -0.2) is 16.3 Å². The molecule has 0 aromatic carbocycles. The maximum atomic E-state index is 5.41. The summed E-state index contributed by atoms with van der Waals surface area (Å²) in [7, 11) is 0. The van der Waals surface area contributed by atoms with Gasteiger partial charge in [-0.3, -0.25) is 4.68 Å². The smallest absolute Gasteiger partial charge is 0.0982 e. The second kappa shape index (κ2) is 3.45. The first-order valence-electron chi connectivity index (χ1n) is 4.15. The predicted octanol–water partition coefficient (Wildman–Crippen LogP) is 1.10. The quantitative estimate of drug-likeness (QED) is 0.763. The van der Waals surface area contributed by atoms with Gasteiger partial charge >= 0.3 is 0 Å². The van der Waals surface area contributed by atoms with Crippen molar-refractivity contribution in [3.05, 3.63) is 31.0 Å². The number of rotatable bonds is 3. The van der Waals surface area contributed by atoms with Crippen molar-refractivity contribution in [2.75, 3.05) is 6.54 Å². The van der Waals surface area contributed by atoms with E-state index in [-0.39, 0.29) is 0 Å². The summed E-state index contributed by atoms with van der Waals surface area (Å²) in [4.78, 5) is 0. The molecule has 0 saturated carbocycles. The van der Waals surface area contributed by atoms with Crippen molar-refractivity contribution in [3.63, 3.8) is 0 Å². The fourth-order valence-electron chi connectivity index (χ4n) is 1.20. The molecular formula is C9H11N3O. The molecule has 0 aliphatic heterocycles. The van der Waals surface area contributed by atoms with Gasteiger partial charge in [-0.25, -0.2) is 0 Å². The molecule has 0 aliphatic rings. The van der Waals surface area contributed by atoms with Gasteiger partial charge in [-0.15, -0.1) is 0 Å². The van der Waals surface area contributed by atoms with Crippen molar-refractivity contribution in [1.82, 2.24) is 9.78 Å². The number of aromatic nitrogens is 2. The summed E-state index contributed by atoms with van der Waals surface area (Å²) in [6, 6.07) is 1.91. The van der Waals surface area contributed by atoms with Crippen LogP contribution in [0.15, 0.2) is 35.4 Å². The van der Waals surface area contributed by atoms with Gasteiger partial charge in [-0.2, -0.15) is 5.10 Å². The van der Waals surface area contributed by atoms with Crippen molar-refractivity contribution < 1.29 is 4.42 Å². The lowest BCUT2D eigenvalue weighted by atomic mass is 10.2. The molecule has 0 aliphatic carbocycles. The zero-order chi connectivity index (χ0) is 9.10. The zero-order valence-corrected chi connectivity index (χ0v) is 7.18. The third-order valence-corrected chi connectivity index (χ3v) is 1.85. The van der Waals surface area contributed by atoms with Crippen LogP contribution in [0, 0.1) is 0 Å². The monoisotopic (exact) mass is 177 g/mol. The van der Waals surface area contributed by atoms with Gasteiger partial charge in [0.25, 0.3) is 0 Å². The number of hydrogen-bond donors (Lipinski definition) is 1. The standard InChI is InChI=1S/C9H11N3O/c10-2-3-12-6-9(5-11-12)8-1-4-13-7-8/h1,4-7H,2-3,10H2. The van der Waals surface area contributed by atoms with Crippen molar-refractivity contribution in [2.45, 2.75) is 6.54 Å². The summed E-state index contributed by atoms with van der Waals surface area (Å²) in [5, 5.41) is 4.16. The summed E-state index contributed by atoms with van der Waals surface area (Å²) in [5.41, 5.74) is 7.51. The van der Waals surface area contributed by atoms with E-state index in [1.54, 1.807) is 18.7 Å². The molecule has 0 amide bonds. The van der Waals surface area contributed by atoms with Gasteiger partial charge in [-0.1, -0.05) is 0 Å². The lowest BCUT2D eigenvalue weighted by Crippen LogP contribution is -2.09. The first-order valence-corrected chi connectivity index (χ1v) is 4.15. The highest BCUT2D eigenvalue weighted by Crippen LogP contribution is 2.18. The Labute approximate surface area is 76.0 Å². The summed E-state index contributed by atoms with van der Waals surface area (Å²) < 4.78 is 6.80. The maximum absolute atomic E-state index is 5.41. The van der Waals surface area contributed by atoms with Gasteiger partial charge in [-0.05, 0) is 6.07 Å². The lowest BCUT2D eigenvalue weighted by molar-refractivity contribution is 0.568. The summed E-state index contributed by atoms with van der Waals surface area (Å²) in [6.07, 6.45) is 7.11. The second-order valence-electron chi connectivity index (χ2n) is 2.79. The largest absolute Gasteiger partial charge is 0.472 e. The van der Waals surface area contributed by atoms with E-state index in [0.29, 0.717) is 6.54 Å². The summed E-state index contributed by atoms with van der Waals surface area (Å²) in [6.45, 7) is 1.35. The number of nitrogens with two attached hydrogens (primary N) is 1. The highest BCUT2D eigenvalue weighted by molar-refractivity contribution is 5.59. The third-order valence-electron chi connectivity index (χ3n) is 1.85. The SMILES string of the molecule is NCCn1cc(-c2ccoc2)cn1. The van der Waals surface area contributed by atoms with Crippen LogP contribution >= 0.6 is 0 Å². The Bertz CT molecular complexity index is 364. The molecule has 2 heterocycles. The minimum absolute atomic E-state index is 0.604. The van der Waals surface area contributed by atoms with Crippen LogP contribution in [0.4, 0.5) is 0 Å². The molecule has 2 aromatic heterocycles. The molecule has 2 rings (SSSR count). The molecule has 0 radical (unpaired) electrons. The van der Waals surface area contributed by atoms with E-state index in [0.717, 1.165) is 17.7 Å². The van der Waals surface area contributed by atoms with Gasteiger partial charge < -0.3 is 10.2 Å². The minimum atomic E-state index is 0.604. The molecule has 0 unspecified atom stereocenters.